The van der Waals surface area contributed by atoms with E-state index in [2.05, 4.69) is 45.6 Å². The predicted octanol–water partition coefficient (Wildman–Crippen LogP) is 4.43. The normalized spacial score (nSPS) is 11.1. The summed E-state index contributed by atoms with van der Waals surface area (Å²) in [7, 11) is 0. The summed E-state index contributed by atoms with van der Waals surface area (Å²) in [6.07, 6.45) is 1.93. The van der Waals surface area contributed by atoms with E-state index in [1.807, 2.05) is 6.92 Å². The summed E-state index contributed by atoms with van der Waals surface area (Å²) in [6, 6.07) is 2.10. The molecule has 1 N–H and O–H groups in total. The molecule has 0 aromatic carbocycles. The number of rotatable bonds is 10. The summed E-state index contributed by atoms with van der Waals surface area (Å²) in [6.45, 7) is 6.97. The van der Waals surface area contributed by atoms with Crippen molar-refractivity contribution in [2.75, 3.05) is 12.3 Å². The molecule has 0 atom stereocenters. The summed E-state index contributed by atoms with van der Waals surface area (Å²) in [5.41, 5.74) is 1.26. The molecule has 0 saturated carbocycles. The van der Waals surface area contributed by atoms with Crippen molar-refractivity contribution in [3.05, 3.63) is 22.4 Å². The van der Waals surface area contributed by atoms with Gasteiger partial charge in [-0.15, -0.1) is 31.7 Å². The fourth-order valence-electron chi connectivity index (χ4n) is 2.27. The predicted molar refractivity (Wildman–Crippen MR) is 115 cm³/mol. The van der Waals surface area contributed by atoms with E-state index in [1.54, 1.807) is 11.3 Å². The Labute approximate surface area is 180 Å². The molecule has 150 valence electrons. The Morgan fingerprint density at radius 1 is 1.14 bits per heavy atom. The molecule has 3 rings (SSSR count). The van der Waals surface area contributed by atoms with Gasteiger partial charge in [-0.2, -0.15) is 0 Å². The number of carbonyl (C=O) groups is 1. The molecular formula is C17H21N5O2S4. The Morgan fingerprint density at radius 3 is 2.64 bits per heavy atom. The first-order chi connectivity index (χ1) is 13.6. The first-order valence-corrected chi connectivity index (χ1v) is 12.5. The number of carbonyl (C=O) groups excluding carboxylic acids is 1. The largest absolute Gasteiger partial charge is 0.419 e. The molecule has 0 unspecified atom stereocenters. The second kappa shape index (κ2) is 10.4. The molecule has 28 heavy (non-hydrogen) atoms. The zero-order valence-corrected chi connectivity index (χ0v) is 19.1. The van der Waals surface area contributed by atoms with E-state index in [1.165, 1.54) is 45.3 Å². The highest BCUT2D eigenvalue weighted by Crippen LogP contribution is 2.33. The molecule has 3 heterocycles. The number of hydrogen-bond donors (Lipinski definition) is 1. The van der Waals surface area contributed by atoms with E-state index < -0.39 is 0 Å². The molecule has 0 bridgehead atoms. The third kappa shape index (κ3) is 5.79. The van der Waals surface area contributed by atoms with Crippen LogP contribution in [0.2, 0.25) is 0 Å². The third-order valence-corrected chi connectivity index (χ3v) is 8.17. The SMILES string of the molecule is CCCNC(=O)CSc1nnc(SCc2nnc(-c3cc(C)c(CC)s3)o2)s1. The van der Waals surface area contributed by atoms with Gasteiger partial charge in [0.2, 0.25) is 11.8 Å². The van der Waals surface area contributed by atoms with Crippen LogP contribution < -0.4 is 5.32 Å². The van der Waals surface area contributed by atoms with E-state index in [0.29, 0.717) is 29.8 Å². The molecule has 0 radical (unpaired) electrons. The monoisotopic (exact) mass is 455 g/mol. The lowest BCUT2D eigenvalue weighted by atomic mass is 10.2. The quantitative estimate of drug-likeness (QED) is 0.449. The molecule has 0 aliphatic carbocycles. The zero-order chi connectivity index (χ0) is 19.9. The Bertz CT molecular complexity index is 920. The van der Waals surface area contributed by atoms with Crippen molar-refractivity contribution in [3.8, 4) is 10.8 Å². The Morgan fingerprint density at radius 2 is 1.93 bits per heavy atom. The van der Waals surface area contributed by atoms with Gasteiger partial charge in [0.1, 0.15) is 0 Å². The van der Waals surface area contributed by atoms with Crippen LogP contribution in [0.5, 0.6) is 0 Å². The van der Waals surface area contributed by atoms with Gasteiger partial charge in [-0.05, 0) is 31.4 Å². The number of aryl methyl sites for hydroxylation is 2. The van der Waals surface area contributed by atoms with Crippen LogP contribution in [0.1, 0.15) is 36.6 Å². The highest BCUT2D eigenvalue weighted by Gasteiger charge is 2.14. The molecule has 0 saturated heterocycles. The van der Waals surface area contributed by atoms with Crippen LogP contribution in [0.3, 0.4) is 0 Å². The van der Waals surface area contributed by atoms with Crippen LogP contribution >= 0.6 is 46.2 Å². The topological polar surface area (TPSA) is 93.8 Å². The van der Waals surface area contributed by atoms with Crippen molar-refractivity contribution in [3.63, 3.8) is 0 Å². The smallest absolute Gasteiger partial charge is 0.257 e. The Balaban J connectivity index is 1.50. The van der Waals surface area contributed by atoms with Crippen molar-refractivity contribution in [1.82, 2.24) is 25.7 Å². The van der Waals surface area contributed by atoms with Gasteiger partial charge in [-0.25, -0.2) is 0 Å². The highest BCUT2D eigenvalue weighted by molar-refractivity contribution is 8.03. The number of hydrogen-bond acceptors (Lipinski definition) is 10. The molecular weight excluding hydrogens is 434 g/mol. The molecule has 0 aliphatic heterocycles. The molecule has 0 fully saturated rings. The van der Waals surface area contributed by atoms with Gasteiger partial charge in [-0.1, -0.05) is 48.7 Å². The van der Waals surface area contributed by atoms with Crippen LogP contribution in [0.25, 0.3) is 10.8 Å². The van der Waals surface area contributed by atoms with Gasteiger partial charge in [-0.3, -0.25) is 4.79 Å². The fourth-order valence-corrected chi connectivity index (χ4v) is 5.99. The molecule has 7 nitrogen and oxygen atoms in total. The van der Waals surface area contributed by atoms with Crippen LogP contribution in [0.4, 0.5) is 0 Å². The molecule has 1 amide bonds. The molecule has 11 heteroatoms. The number of nitrogens with zero attached hydrogens (tertiary/aromatic N) is 4. The van der Waals surface area contributed by atoms with E-state index >= 15 is 0 Å². The number of thiophene rings is 1. The summed E-state index contributed by atoms with van der Waals surface area (Å²) < 4.78 is 7.39. The molecule has 0 spiro atoms. The first kappa shape index (κ1) is 21.3. The van der Waals surface area contributed by atoms with Crippen molar-refractivity contribution in [2.24, 2.45) is 0 Å². The van der Waals surface area contributed by atoms with E-state index in [0.717, 1.165) is 26.4 Å². The maximum Gasteiger partial charge on any atom is 0.257 e. The lowest BCUT2D eigenvalue weighted by Gasteiger charge is -2.00. The maximum atomic E-state index is 11.6. The van der Waals surface area contributed by atoms with Crippen LogP contribution in [0, 0.1) is 6.92 Å². The number of amides is 1. The van der Waals surface area contributed by atoms with Crippen molar-refractivity contribution < 1.29 is 9.21 Å². The summed E-state index contributed by atoms with van der Waals surface area (Å²) >= 11 is 6.06. The Hall–Kier alpha value is -1.43. The summed E-state index contributed by atoms with van der Waals surface area (Å²) in [5.74, 6) is 2.03. The standard InChI is InChI=1S/C17H21N5O2S4/c1-4-6-18-13(23)8-25-16-21-22-17(28-16)26-9-14-19-20-15(24-14)12-7-10(3)11(5-2)27-12/h7H,4-6,8-9H2,1-3H3,(H,18,23). The second-order valence-corrected chi connectivity index (χ2v) is 10.4. The van der Waals surface area contributed by atoms with E-state index in [-0.39, 0.29) is 5.91 Å². The average Bonchev–Trinajstić information content (AvgIpc) is 3.42. The minimum atomic E-state index is 0.0182. The van der Waals surface area contributed by atoms with Gasteiger partial charge >= 0.3 is 0 Å². The number of nitrogens with one attached hydrogen (secondary N) is 1. The number of aromatic nitrogens is 4. The zero-order valence-electron chi connectivity index (χ0n) is 15.9. The molecule has 3 aromatic heterocycles. The van der Waals surface area contributed by atoms with Crippen LogP contribution in [-0.2, 0) is 17.0 Å². The van der Waals surface area contributed by atoms with Gasteiger partial charge in [0, 0.05) is 11.4 Å². The van der Waals surface area contributed by atoms with Gasteiger partial charge < -0.3 is 9.73 Å². The van der Waals surface area contributed by atoms with Crippen LogP contribution in [0.15, 0.2) is 19.2 Å². The molecule has 3 aromatic rings. The lowest BCUT2D eigenvalue weighted by Crippen LogP contribution is -2.25. The second-order valence-electron chi connectivity index (χ2n) is 5.83. The van der Waals surface area contributed by atoms with E-state index in [4.69, 9.17) is 4.42 Å². The van der Waals surface area contributed by atoms with Gasteiger partial charge in [0.15, 0.2) is 8.68 Å². The van der Waals surface area contributed by atoms with Crippen LogP contribution in [-0.4, -0.2) is 38.6 Å². The van der Waals surface area contributed by atoms with Crippen molar-refractivity contribution in [2.45, 2.75) is 48.0 Å². The van der Waals surface area contributed by atoms with Gasteiger partial charge in [0.05, 0.1) is 16.4 Å². The highest BCUT2D eigenvalue weighted by atomic mass is 32.2. The molecule has 0 aliphatic rings. The average molecular weight is 456 g/mol. The minimum absolute atomic E-state index is 0.0182. The van der Waals surface area contributed by atoms with Gasteiger partial charge in [0.25, 0.3) is 5.89 Å². The summed E-state index contributed by atoms with van der Waals surface area (Å²) in [4.78, 5) is 14.0. The minimum Gasteiger partial charge on any atom is -0.419 e. The lowest BCUT2D eigenvalue weighted by molar-refractivity contribution is -0.118. The number of thioether (sulfide) groups is 2. The Kier molecular flexibility index (Phi) is 7.89. The maximum absolute atomic E-state index is 11.6. The van der Waals surface area contributed by atoms with Crippen molar-refractivity contribution in [1.29, 1.82) is 0 Å². The third-order valence-electron chi connectivity index (χ3n) is 3.63. The first-order valence-electron chi connectivity index (χ1n) is 8.86. The summed E-state index contributed by atoms with van der Waals surface area (Å²) in [5, 5.41) is 19.4. The fraction of sp³-hybridized carbons (Fsp3) is 0.471. The van der Waals surface area contributed by atoms with E-state index in [9.17, 15) is 4.79 Å². The van der Waals surface area contributed by atoms with Crippen molar-refractivity contribution >= 4 is 52.1 Å².